The number of aryl methyl sites for hydroxylation is 1. The highest BCUT2D eigenvalue weighted by molar-refractivity contribution is 6.33. The molecule has 5 nitrogen and oxygen atoms in total. The summed E-state index contributed by atoms with van der Waals surface area (Å²) in [5.74, 6) is 5.41. The summed E-state index contributed by atoms with van der Waals surface area (Å²) in [6, 6.07) is 9.20. The molecule has 1 aromatic carbocycles. The Labute approximate surface area is 122 Å². The first-order valence-corrected chi connectivity index (χ1v) is 6.38. The number of rotatable bonds is 3. The van der Waals surface area contributed by atoms with Crippen molar-refractivity contribution in [1.29, 1.82) is 0 Å². The predicted molar refractivity (Wildman–Crippen MR) is 81.0 cm³/mol. The van der Waals surface area contributed by atoms with E-state index >= 15 is 0 Å². The lowest BCUT2D eigenvalue weighted by Gasteiger charge is -2.19. The second-order valence-electron chi connectivity index (χ2n) is 4.35. The number of anilines is 2. The van der Waals surface area contributed by atoms with Gasteiger partial charge in [0.2, 0.25) is 0 Å². The van der Waals surface area contributed by atoms with E-state index in [1.165, 1.54) is 6.20 Å². The first-order valence-electron chi connectivity index (χ1n) is 6.00. The van der Waals surface area contributed by atoms with Gasteiger partial charge in [-0.3, -0.25) is 4.79 Å². The van der Waals surface area contributed by atoms with Crippen LogP contribution in [0.25, 0.3) is 0 Å². The molecule has 2 aromatic rings. The second-order valence-corrected chi connectivity index (χ2v) is 4.76. The number of hydrogen-bond donors (Lipinski definition) is 2. The van der Waals surface area contributed by atoms with Gasteiger partial charge in [-0.15, -0.1) is 0 Å². The van der Waals surface area contributed by atoms with E-state index < -0.39 is 0 Å². The maximum Gasteiger partial charge on any atom is 0.259 e. The molecule has 6 heteroatoms. The highest BCUT2D eigenvalue weighted by Crippen LogP contribution is 2.23. The molecule has 0 bridgehead atoms. The largest absolute Gasteiger partial charge is 0.311 e. The molecule has 0 saturated heterocycles. The van der Waals surface area contributed by atoms with Crippen LogP contribution in [0.1, 0.15) is 15.9 Å². The SMILES string of the molecule is Cc1ccccc1N(C)C(=O)c1cnc(NN)c(Cl)c1. The zero-order valence-electron chi connectivity index (χ0n) is 11.2. The number of carbonyl (C=O) groups excluding carboxylic acids is 1. The second kappa shape index (κ2) is 5.90. The highest BCUT2D eigenvalue weighted by atomic mass is 35.5. The molecule has 104 valence electrons. The number of nitrogens with zero attached hydrogens (tertiary/aromatic N) is 2. The van der Waals surface area contributed by atoms with Crippen LogP contribution >= 0.6 is 11.6 Å². The van der Waals surface area contributed by atoms with Crippen molar-refractivity contribution in [2.75, 3.05) is 17.4 Å². The molecule has 0 aliphatic rings. The normalized spacial score (nSPS) is 10.2. The van der Waals surface area contributed by atoms with E-state index in [0.717, 1.165) is 11.3 Å². The summed E-state index contributed by atoms with van der Waals surface area (Å²) in [6.45, 7) is 1.95. The molecule has 0 saturated carbocycles. The Kier molecular flexibility index (Phi) is 4.22. The Balaban J connectivity index is 2.32. The number of hydrazine groups is 1. The molecule has 20 heavy (non-hydrogen) atoms. The Bertz CT molecular complexity index is 645. The van der Waals surface area contributed by atoms with Crippen molar-refractivity contribution in [3.05, 3.63) is 52.7 Å². The summed E-state index contributed by atoms with van der Waals surface area (Å²) in [7, 11) is 1.72. The van der Waals surface area contributed by atoms with Crippen LogP contribution in [0, 0.1) is 6.92 Å². The predicted octanol–water partition coefficient (Wildman–Crippen LogP) is 2.61. The van der Waals surface area contributed by atoms with E-state index in [0.29, 0.717) is 16.4 Å². The molecule has 0 unspecified atom stereocenters. The van der Waals surface area contributed by atoms with E-state index in [1.54, 1.807) is 18.0 Å². The first kappa shape index (κ1) is 14.3. The van der Waals surface area contributed by atoms with Crippen molar-refractivity contribution >= 4 is 29.0 Å². The van der Waals surface area contributed by atoms with Gasteiger partial charge in [0.25, 0.3) is 5.91 Å². The summed E-state index contributed by atoms with van der Waals surface area (Å²) in [5.41, 5.74) is 4.62. The van der Waals surface area contributed by atoms with E-state index in [-0.39, 0.29) is 5.91 Å². The van der Waals surface area contributed by atoms with Gasteiger partial charge in [-0.2, -0.15) is 0 Å². The van der Waals surface area contributed by atoms with Crippen LogP contribution in [0.3, 0.4) is 0 Å². The third-order valence-corrected chi connectivity index (χ3v) is 3.29. The van der Waals surface area contributed by atoms with E-state index in [4.69, 9.17) is 17.4 Å². The minimum Gasteiger partial charge on any atom is -0.311 e. The Morgan fingerprint density at radius 2 is 2.10 bits per heavy atom. The first-order chi connectivity index (χ1) is 9.54. The lowest BCUT2D eigenvalue weighted by Crippen LogP contribution is -2.27. The maximum atomic E-state index is 12.4. The molecule has 0 spiro atoms. The number of benzene rings is 1. The average Bonchev–Trinajstić information content (AvgIpc) is 2.46. The molecule has 0 atom stereocenters. The van der Waals surface area contributed by atoms with Crippen molar-refractivity contribution < 1.29 is 4.79 Å². The zero-order valence-corrected chi connectivity index (χ0v) is 12.0. The number of aromatic nitrogens is 1. The average molecular weight is 291 g/mol. The summed E-state index contributed by atoms with van der Waals surface area (Å²) >= 11 is 5.98. The van der Waals surface area contributed by atoms with E-state index in [1.807, 2.05) is 31.2 Å². The number of hydrogen-bond acceptors (Lipinski definition) is 4. The van der Waals surface area contributed by atoms with Gasteiger partial charge >= 0.3 is 0 Å². The number of nitrogen functional groups attached to an aromatic ring is 1. The molecule has 0 fully saturated rings. The lowest BCUT2D eigenvalue weighted by molar-refractivity contribution is 0.0992. The number of para-hydroxylation sites is 1. The molecule has 0 aliphatic carbocycles. The van der Waals surface area contributed by atoms with Crippen molar-refractivity contribution in [1.82, 2.24) is 4.98 Å². The lowest BCUT2D eigenvalue weighted by atomic mass is 10.1. The summed E-state index contributed by atoms with van der Waals surface area (Å²) in [6.07, 6.45) is 1.44. The Morgan fingerprint density at radius 1 is 1.40 bits per heavy atom. The summed E-state index contributed by atoms with van der Waals surface area (Å²) in [4.78, 5) is 18.0. The van der Waals surface area contributed by atoms with Gasteiger partial charge in [0, 0.05) is 18.9 Å². The number of nitrogens with one attached hydrogen (secondary N) is 1. The molecule has 1 aromatic heterocycles. The highest BCUT2D eigenvalue weighted by Gasteiger charge is 2.16. The third kappa shape index (κ3) is 2.74. The molecule has 0 radical (unpaired) electrons. The molecular formula is C14H15ClN4O. The summed E-state index contributed by atoms with van der Waals surface area (Å²) in [5, 5.41) is 0.302. The molecule has 1 amide bonds. The van der Waals surface area contributed by atoms with Crippen LogP contribution in [0.4, 0.5) is 11.5 Å². The Morgan fingerprint density at radius 3 is 2.70 bits per heavy atom. The van der Waals surface area contributed by atoms with Crippen LogP contribution < -0.4 is 16.2 Å². The maximum absolute atomic E-state index is 12.4. The van der Waals surface area contributed by atoms with Crippen LogP contribution in [-0.4, -0.2) is 17.9 Å². The van der Waals surface area contributed by atoms with Crippen LogP contribution in [0.5, 0.6) is 0 Å². The van der Waals surface area contributed by atoms with Gasteiger partial charge in [0.05, 0.1) is 10.6 Å². The fourth-order valence-corrected chi connectivity index (χ4v) is 2.12. The van der Waals surface area contributed by atoms with E-state index in [9.17, 15) is 4.79 Å². The molecule has 0 aliphatic heterocycles. The van der Waals surface area contributed by atoms with Crippen molar-refractivity contribution in [3.8, 4) is 0 Å². The fraction of sp³-hybridized carbons (Fsp3) is 0.143. The monoisotopic (exact) mass is 290 g/mol. The Hall–Kier alpha value is -2.11. The standard InChI is InChI=1S/C14H15ClN4O/c1-9-5-3-4-6-12(9)19(2)14(20)10-7-11(15)13(18-16)17-8-10/h3-8H,16H2,1-2H3,(H,17,18). The number of halogens is 1. The third-order valence-electron chi connectivity index (χ3n) is 3.01. The number of nitrogens with two attached hydrogens (primary N) is 1. The quantitative estimate of drug-likeness (QED) is 0.673. The zero-order chi connectivity index (χ0) is 14.7. The number of pyridine rings is 1. The topological polar surface area (TPSA) is 71.2 Å². The van der Waals surface area contributed by atoms with Gasteiger partial charge in [0.15, 0.2) is 5.82 Å². The molecule has 3 N–H and O–H groups in total. The molecule has 1 heterocycles. The van der Waals surface area contributed by atoms with Crippen molar-refractivity contribution in [3.63, 3.8) is 0 Å². The fourth-order valence-electron chi connectivity index (χ4n) is 1.90. The van der Waals surface area contributed by atoms with Crippen LogP contribution in [0.15, 0.2) is 36.5 Å². The van der Waals surface area contributed by atoms with Crippen molar-refractivity contribution in [2.24, 2.45) is 5.84 Å². The van der Waals surface area contributed by atoms with Gasteiger partial charge in [-0.1, -0.05) is 29.8 Å². The summed E-state index contributed by atoms with van der Waals surface area (Å²) < 4.78 is 0. The van der Waals surface area contributed by atoms with Crippen LogP contribution in [0.2, 0.25) is 5.02 Å². The van der Waals surface area contributed by atoms with E-state index in [2.05, 4.69) is 10.4 Å². The van der Waals surface area contributed by atoms with Gasteiger partial charge in [-0.05, 0) is 24.6 Å². The van der Waals surface area contributed by atoms with Crippen LogP contribution in [-0.2, 0) is 0 Å². The smallest absolute Gasteiger partial charge is 0.259 e. The number of carbonyl (C=O) groups is 1. The van der Waals surface area contributed by atoms with Gasteiger partial charge in [-0.25, -0.2) is 10.8 Å². The minimum atomic E-state index is -0.183. The minimum absolute atomic E-state index is 0.183. The number of amides is 1. The van der Waals surface area contributed by atoms with Gasteiger partial charge < -0.3 is 10.3 Å². The molecular weight excluding hydrogens is 276 g/mol. The van der Waals surface area contributed by atoms with Crippen molar-refractivity contribution in [2.45, 2.75) is 6.92 Å². The van der Waals surface area contributed by atoms with Gasteiger partial charge in [0.1, 0.15) is 0 Å². The molecule has 2 rings (SSSR count).